The molecule has 2 N–H and O–H groups in total. The Labute approximate surface area is 94.3 Å². The van der Waals surface area contributed by atoms with Gasteiger partial charge in [-0.05, 0) is 24.3 Å². The van der Waals surface area contributed by atoms with Crippen molar-refractivity contribution in [1.82, 2.24) is 0 Å². The number of rotatable bonds is 3. The summed E-state index contributed by atoms with van der Waals surface area (Å²) in [4.78, 5) is 10.8. The highest BCUT2D eigenvalue weighted by Gasteiger charge is 2.00. The number of carbonyl (C=O) groups is 1. The molecule has 0 saturated heterocycles. The van der Waals surface area contributed by atoms with E-state index in [0.717, 1.165) is 5.56 Å². The van der Waals surface area contributed by atoms with Crippen molar-refractivity contribution >= 4 is 5.97 Å². The van der Waals surface area contributed by atoms with Crippen LogP contribution in [0, 0.1) is 11.8 Å². The number of hydrogen-bond acceptors (Lipinski definition) is 4. The lowest BCUT2D eigenvalue weighted by atomic mass is 10.2. The summed E-state index contributed by atoms with van der Waals surface area (Å²) in [5.41, 5.74) is 6.11. The van der Waals surface area contributed by atoms with Crippen molar-refractivity contribution in [2.45, 2.75) is 0 Å². The Morgan fingerprint density at radius 3 is 2.62 bits per heavy atom. The first-order valence-corrected chi connectivity index (χ1v) is 4.75. The van der Waals surface area contributed by atoms with Gasteiger partial charge in [-0.3, -0.25) is 0 Å². The predicted molar refractivity (Wildman–Crippen MR) is 59.9 cm³/mol. The molecule has 4 nitrogen and oxygen atoms in total. The van der Waals surface area contributed by atoms with Gasteiger partial charge < -0.3 is 15.2 Å². The van der Waals surface area contributed by atoms with Crippen molar-refractivity contribution in [3.8, 4) is 17.6 Å². The van der Waals surface area contributed by atoms with E-state index in [1.54, 1.807) is 24.3 Å². The van der Waals surface area contributed by atoms with Crippen LogP contribution in [0.3, 0.4) is 0 Å². The van der Waals surface area contributed by atoms with Gasteiger partial charge in [-0.25, -0.2) is 4.79 Å². The molecular formula is C12H13NO3. The molecule has 1 aromatic carbocycles. The SMILES string of the molecule is COC(=O)COc1ccc(C#CCN)cc1. The zero-order valence-corrected chi connectivity index (χ0v) is 9.03. The van der Waals surface area contributed by atoms with Gasteiger partial charge in [-0.1, -0.05) is 11.8 Å². The van der Waals surface area contributed by atoms with Crippen LogP contribution in [0.15, 0.2) is 24.3 Å². The van der Waals surface area contributed by atoms with Crippen LogP contribution in [0.2, 0.25) is 0 Å². The Morgan fingerprint density at radius 2 is 2.06 bits per heavy atom. The third kappa shape index (κ3) is 4.03. The van der Waals surface area contributed by atoms with Crippen LogP contribution in [0.4, 0.5) is 0 Å². The van der Waals surface area contributed by atoms with Crippen LogP contribution in [-0.2, 0) is 9.53 Å². The summed E-state index contributed by atoms with van der Waals surface area (Å²) in [6, 6.07) is 7.08. The van der Waals surface area contributed by atoms with E-state index >= 15 is 0 Å². The van der Waals surface area contributed by atoms with Gasteiger partial charge in [0.15, 0.2) is 6.61 Å². The van der Waals surface area contributed by atoms with E-state index in [4.69, 9.17) is 10.5 Å². The van der Waals surface area contributed by atoms with Crippen molar-refractivity contribution < 1.29 is 14.3 Å². The minimum atomic E-state index is -0.410. The average Bonchev–Trinajstić information content (AvgIpc) is 2.34. The zero-order valence-electron chi connectivity index (χ0n) is 9.03. The predicted octanol–water partition coefficient (Wildman–Crippen LogP) is 0.549. The summed E-state index contributed by atoms with van der Waals surface area (Å²) in [6.07, 6.45) is 0. The quantitative estimate of drug-likeness (QED) is 0.595. The Bertz CT molecular complexity index is 401. The van der Waals surface area contributed by atoms with Crippen LogP contribution in [0.25, 0.3) is 0 Å². The molecule has 0 aliphatic carbocycles. The molecule has 0 atom stereocenters. The molecule has 4 heteroatoms. The van der Waals surface area contributed by atoms with Gasteiger partial charge in [0.25, 0.3) is 0 Å². The second kappa shape index (κ2) is 6.49. The van der Waals surface area contributed by atoms with Gasteiger partial charge in [-0.15, -0.1) is 0 Å². The van der Waals surface area contributed by atoms with Gasteiger partial charge in [0, 0.05) is 5.56 Å². The Balaban J connectivity index is 2.54. The average molecular weight is 219 g/mol. The molecule has 0 aromatic heterocycles. The second-order valence-corrected chi connectivity index (χ2v) is 2.90. The van der Waals surface area contributed by atoms with Crippen LogP contribution >= 0.6 is 0 Å². The zero-order chi connectivity index (χ0) is 11.8. The van der Waals surface area contributed by atoms with E-state index in [2.05, 4.69) is 16.6 Å². The maximum atomic E-state index is 10.8. The number of ether oxygens (including phenoxy) is 2. The third-order valence-corrected chi connectivity index (χ3v) is 1.77. The van der Waals surface area contributed by atoms with E-state index in [0.29, 0.717) is 12.3 Å². The van der Waals surface area contributed by atoms with Gasteiger partial charge in [0.05, 0.1) is 13.7 Å². The molecule has 0 aliphatic heterocycles. The molecule has 0 aliphatic rings. The molecule has 0 fully saturated rings. The molecule has 0 radical (unpaired) electrons. The van der Waals surface area contributed by atoms with E-state index in [1.807, 2.05) is 0 Å². The summed E-state index contributed by atoms with van der Waals surface area (Å²) >= 11 is 0. The molecule has 16 heavy (non-hydrogen) atoms. The molecule has 0 heterocycles. The molecule has 0 amide bonds. The minimum absolute atomic E-state index is 0.0929. The number of hydrogen-bond donors (Lipinski definition) is 1. The lowest BCUT2D eigenvalue weighted by Gasteiger charge is -2.03. The molecule has 0 spiro atoms. The van der Waals surface area contributed by atoms with Crippen molar-refractivity contribution in [3.63, 3.8) is 0 Å². The van der Waals surface area contributed by atoms with E-state index in [1.165, 1.54) is 7.11 Å². The summed E-state index contributed by atoms with van der Waals surface area (Å²) in [7, 11) is 1.32. The first-order valence-electron chi connectivity index (χ1n) is 4.75. The number of carbonyl (C=O) groups excluding carboxylic acids is 1. The maximum absolute atomic E-state index is 10.8. The first kappa shape index (κ1) is 12.1. The summed E-state index contributed by atoms with van der Waals surface area (Å²) in [5.74, 6) is 5.82. The fraction of sp³-hybridized carbons (Fsp3) is 0.250. The Kier molecular flexibility index (Phi) is 4.90. The fourth-order valence-electron chi connectivity index (χ4n) is 0.989. The topological polar surface area (TPSA) is 61.5 Å². The van der Waals surface area contributed by atoms with Crippen molar-refractivity contribution in [2.24, 2.45) is 5.73 Å². The molecule has 1 aromatic rings. The summed E-state index contributed by atoms with van der Waals surface area (Å²) in [5, 5.41) is 0. The van der Waals surface area contributed by atoms with Crippen molar-refractivity contribution in [2.75, 3.05) is 20.3 Å². The lowest BCUT2D eigenvalue weighted by Crippen LogP contribution is -2.12. The molecule has 0 bridgehead atoms. The monoisotopic (exact) mass is 219 g/mol. The molecule has 1 rings (SSSR count). The maximum Gasteiger partial charge on any atom is 0.343 e. The van der Waals surface area contributed by atoms with Crippen molar-refractivity contribution in [3.05, 3.63) is 29.8 Å². The normalized spacial score (nSPS) is 8.88. The van der Waals surface area contributed by atoms with Crippen LogP contribution < -0.4 is 10.5 Å². The summed E-state index contributed by atoms with van der Waals surface area (Å²) in [6.45, 7) is 0.241. The van der Waals surface area contributed by atoms with Crippen LogP contribution in [0.5, 0.6) is 5.75 Å². The number of esters is 1. The largest absolute Gasteiger partial charge is 0.482 e. The van der Waals surface area contributed by atoms with Gasteiger partial charge in [0.1, 0.15) is 5.75 Å². The Morgan fingerprint density at radius 1 is 1.38 bits per heavy atom. The smallest absolute Gasteiger partial charge is 0.343 e. The first-order chi connectivity index (χ1) is 7.76. The lowest BCUT2D eigenvalue weighted by molar-refractivity contribution is -0.142. The van der Waals surface area contributed by atoms with E-state index < -0.39 is 5.97 Å². The molecular weight excluding hydrogens is 206 g/mol. The molecule has 0 saturated carbocycles. The standard InChI is InChI=1S/C12H13NO3/c1-15-12(14)9-16-11-6-4-10(5-7-11)3-2-8-13/h4-7H,8-9,13H2,1H3. The number of nitrogens with two attached hydrogens (primary N) is 1. The van der Waals surface area contributed by atoms with Gasteiger partial charge in [0.2, 0.25) is 0 Å². The highest BCUT2D eigenvalue weighted by molar-refractivity contribution is 5.70. The number of methoxy groups -OCH3 is 1. The second-order valence-electron chi connectivity index (χ2n) is 2.90. The van der Waals surface area contributed by atoms with Gasteiger partial charge >= 0.3 is 5.97 Å². The molecule has 0 unspecified atom stereocenters. The van der Waals surface area contributed by atoms with Gasteiger partial charge in [-0.2, -0.15) is 0 Å². The fourth-order valence-corrected chi connectivity index (χ4v) is 0.989. The third-order valence-electron chi connectivity index (χ3n) is 1.77. The molecule has 84 valence electrons. The highest BCUT2D eigenvalue weighted by atomic mass is 16.6. The number of benzene rings is 1. The van der Waals surface area contributed by atoms with Crippen LogP contribution in [0.1, 0.15) is 5.56 Å². The van der Waals surface area contributed by atoms with E-state index in [9.17, 15) is 4.79 Å². The summed E-state index contributed by atoms with van der Waals surface area (Å²) < 4.78 is 9.62. The van der Waals surface area contributed by atoms with Crippen molar-refractivity contribution in [1.29, 1.82) is 0 Å². The minimum Gasteiger partial charge on any atom is -0.482 e. The highest BCUT2D eigenvalue weighted by Crippen LogP contribution is 2.11. The van der Waals surface area contributed by atoms with E-state index in [-0.39, 0.29) is 6.61 Å². The Hall–Kier alpha value is -1.99. The van der Waals surface area contributed by atoms with Crippen LogP contribution in [-0.4, -0.2) is 26.2 Å².